The molecule has 82 heavy (non-hydrogen) atoms. The van der Waals surface area contributed by atoms with E-state index in [4.69, 9.17) is 9.72 Å². The Morgan fingerprint density at radius 2 is 1.35 bits per heavy atom. The summed E-state index contributed by atoms with van der Waals surface area (Å²) < 4.78 is 161. The van der Waals surface area contributed by atoms with Gasteiger partial charge in [-0.05, 0) is 100 Å². The van der Waals surface area contributed by atoms with E-state index in [9.17, 15) is 59.4 Å². The summed E-state index contributed by atoms with van der Waals surface area (Å²) in [4.78, 5) is 62.5. The van der Waals surface area contributed by atoms with Crippen molar-refractivity contribution in [3.63, 3.8) is 0 Å². The fourth-order valence-corrected chi connectivity index (χ4v) is 9.74. The van der Waals surface area contributed by atoms with E-state index in [0.717, 1.165) is 78.1 Å². The zero-order chi connectivity index (χ0) is 60.1. The molecule has 4 amide bonds. The molecule has 4 aromatic rings. The molecule has 6 atom stereocenters. The van der Waals surface area contributed by atoms with Crippen molar-refractivity contribution in [1.29, 1.82) is 0 Å². The number of carbonyl (C=O) groups is 4. The molecule has 0 saturated carbocycles. The fraction of sp³-hybridized carbons (Fsp3) is 0.519. The SMILES string of the molecule is COC(=O)N[C@H](C(=O)N[C@@H](Cc1ccc(C#Cc2ccc(N3CC4CCC(C3)N(C3COC3)C4)nc2)cc1)[C@@H](O)CN(Cc1c(F)cc(-c2cnn(C(F)F)c2)cc1F)NC(=O)[C@@H](NC(=O)OC)C(C)(C)C(F)(F)F)C(C)(C)C(F)(F)F. The molecule has 5 N–H and O–H groups in total. The van der Waals surface area contributed by atoms with Gasteiger partial charge < -0.3 is 40.2 Å². The van der Waals surface area contributed by atoms with E-state index in [2.05, 4.69) is 41.5 Å². The van der Waals surface area contributed by atoms with Crippen LogP contribution in [0.5, 0.6) is 0 Å². The third-order valence-electron chi connectivity index (χ3n) is 15.1. The predicted molar refractivity (Wildman–Crippen MR) is 274 cm³/mol. The van der Waals surface area contributed by atoms with Crippen LogP contribution >= 0.6 is 0 Å². The summed E-state index contributed by atoms with van der Waals surface area (Å²) >= 11 is 0. The van der Waals surface area contributed by atoms with Gasteiger partial charge in [-0.15, -0.1) is 0 Å². The lowest BCUT2D eigenvalue weighted by molar-refractivity contribution is -0.221. The number of aliphatic hydroxyl groups excluding tert-OH is 1. The number of aromatic nitrogens is 3. The molecule has 4 saturated heterocycles. The number of hydrazine groups is 1. The summed E-state index contributed by atoms with van der Waals surface area (Å²) in [6.07, 6.45) is -10.5. The molecule has 0 radical (unpaired) electrons. The van der Waals surface area contributed by atoms with Crippen LogP contribution in [0.3, 0.4) is 0 Å². The number of halogens is 10. The number of alkyl halides is 8. The standard InChI is InChI=1S/C54H62F10N10O8/c1-51(2,53(59,60)61)44(68-49(78)80-5)46(76)67-41(17-31-10-7-30(8-11-31)9-12-32-14-16-43(65-20-32)71-22-33-13-15-36(25-71)73(23-33)37-28-82-29-37)42(75)27-72(70-47(77)45(69-50(79)81-6)52(3,4)54(62,63)64)26-38-39(55)18-34(19-40(38)56)35-21-66-74(24-35)48(57)58/h7-8,10-11,14,16,18-21,24,33,36-37,41-42,44-45,48,75H,13,15,17,22-23,25-29H2,1-6H3,(H,67,76)(H,68,78)(H,69,79)(H,70,77)/t33?,36?,41-,42-,44+,45+/m0/s1. The molecule has 18 nitrogen and oxygen atoms in total. The highest BCUT2D eigenvalue weighted by molar-refractivity contribution is 5.87. The number of amides is 4. The molecule has 2 bridgehead atoms. The van der Waals surface area contributed by atoms with Crippen molar-refractivity contribution < 1.29 is 82.4 Å². The Balaban J connectivity index is 1.18. The van der Waals surface area contributed by atoms with E-state index in [1.807, 2.05) is 22.9 Å². The summed E-state index contributed by atoms with van der Waals surface area (Å²) in [6, 6.07) is 5.25. The number of rotatable bonds is 19. The Hall–Kier alpha value is -7.22. The summed E-state index contributed by atoms with van der Waals surface area (Å²) in [5, 5.41) is 22.0. The number of piperidine rings is 1. The molecule has 2 aromatic heterocycles. The smallest absolute Gasteiger partial charge is 0.407 e. The maximum Gasteiger partial charge on any atom is 0.407 e. The number of anilines is 1. The predicted octanol–water partition coefficient (Wildman–Crippen LogP) is 6.87. The summed E-state index contributed by atoms with van der Waals surface area (Å²) in [5.41, 5.74) is -4.21. The van der Waals surface area contributed by atoms with Crippen LogP contribution in [0.2, 0.25) is 0 Å². The van der Waals surface area contributed by atoms with Crippen molar-refractivity contribution in [1.82, 2.24) is 46.0 Å². The van der Waals surface area contributed by atoms with E-state index < -0.39 is 115 Å². The number of hydrogen-bond acceptors (Lipinski definition) is 13. The molecule has 2 unspecified atom stereocenters. The van der Waals surface area contributed by atoms with Crippen LogP contribution in [0.25, 0.3) is 11.1 Å². The number of benzene rings is 2. The van der Waals surface area contributed by atoms with E-state index in [1.54, 1.807) is 23.6 Å². The number of ether oxygens (including phenoxy) is 3. The molecule has 0 spiro atoms. The van der Waals surface area contributed by atoms with E-state index in [0.29, 0.717) is 74.0 Å². The minimum atomic E-state index is -5.23. The molecule has 4 fully saturated rings. The van der Waals surface area contributed by atoms with Gasteiger partial charge in [-0.3, -0.25) is 19.9 Å². The van der Waals surface area contributed by atoms with Gasteiger partial charge in [0, 0.05) is 73.4 Å². The number of hydrogen-bond donors (Lipinski definition) is 5. The monoisotopic (exact) mass is 1170 g/mol. The van der Waals surface area contributed by atoms with Crippen molar-refractivity contribution in [2.45, 2.75) is 109 Å². The lowest BCUT2D eigenvalue weighted by atomic mass is 9.82. The summed E-state index contributed by atoms with van der Waals surface area (Å²) in [6.45, 7) is 1.10. The zero-order valence-electron chi connectivity index (χ0n) is 45.3. The van der Waals surface area contributed by atoms with Crippen LogP contribution in [-0.2, 0) is 36.8 Å². The lowest BCUT2D eigenvalue weighted by Gasteiger charge is -2.44. The number of carbonyl (C=O) groups excluding carboxylic acids is 4. The molecular formula is C54H62F10N10O8. The van der Waals surface area contributed by atoms with Gasteiger partial charge in [0.25, 0.3) is 5.91 Å². The number of nitrogens with zero attached hydrogens (tertiary/aromatic N) is 6. The Bertz CT molecular complexity index is 2940. The maximum absolute atomic E-state index is 16.1. The Morgan fingerprint density at radius 3 is 1.88 bits per heavy atom. The van der Waals surface area contributed by atoms with Gasteiger partial charge in [-0.2, -0.15) is 40.2 Å². The van der Waals surface area contributed by atoms with Gasteiger partial charge >= 0.3 is 31.1 Å². The molecule has 6 heterocycles. The maximum atomic E-state index is 16.1. The summed E-state index contributed by atoms with van der Waals surface area (Å²) in [7, 11) is 1.61. The number of pyridine rings is 1. The van der Waals surface area contributed by atoms with Crippen LogP contribution in [0.15, 0.2) is 67.1 Å². The van der Waals surface area contributed by atoms with Gasteiger partial charge in [0.15, 0.2) is 0 Å². The van der Waals surface area contributed by atoms with Gasteiger partial charge in [0.2, 0.25) is 5.91 Å². The second-order valence-corrected chi connectivity index (χ2v) is 21.5. The Kier molecular flexibility index (Phi) is 19.4. The summed E-state index contributed by atoms with van der Waals surface area (Å²) in [5.74, 6) is 1.34. The Labute approximate surface area is 465 Å². The van der Waals surface area contributed by atoms with Crippen LogP contribution in [0.4, 0.5) is 59.3 Å². The average Bonchev–Trinajstić information content (AvgIpc) is 3.93. The number of nitrogens with one attached hydrogen (secondary N) is 4. The van der Waals surface area contributed by atoms with Gasteiger partial charge in [-0.1, -0.05) is 24.0 Å². The highest BCUT2D eigenvalue weighted by atomic mass is 19.4. The van der Waals surface area contributed by atoms with Crippen molar-refractivity contribution in [2.75, 3.05) is 58.5 Å². The molecule has 28 heteroatoms. The highest BCUT2D eigenvalue weighted by Crippen LogP contribution is 2.42. The molecule has 2 aromatic carbocycles. The first kappa shape index (κ1) is 62.4. The third kappa shape index (κ3) is 14.7. The van der Waals surface area contributed by atoms with Crippen molar-refractivity contribution >= 4 is 29.8 Å². The first-order valence-electron chi connectivity index (χ1n) is 25.8. The van der Waals surface area contributed by atoms with Crippen molar-refractivity contribution in [2.24, 2.45) is 16.7 Å². The van der Waals surface area contributed by atoms with Crippen LogP contribution in [0.1, 0.15) is 69.3 Å². The topological polar surface area (TPSA) is 205 Å². The quantitative estimate of drug-likeness (QED) is 0.0370. The minimum Gasteiger partial charge on any atom is -0.453 e. The van der Waals surface area contributed by atoms with Crippen LogP contribution in [0, 0.1) is 40.2 Å². The Morgan fingerprint density at radius 1 is 0.768 bits per heavy atom. The third-order valence-corrected chi connectivity index (χ3v) is 15.1. The van der Waals surface area contributed by atoms with Crippen LogP contribution < -0.4 is 26.3 Å². The van der Waals surface area contributed by atoms with Crippen LogP contribution in [-0.4, -0.2) is 156 Å². The number of fused-ring (bicyclic) bond motifs is 4. The second-order valence-electron chi connectivity index (χ2n) is 21.5. The molecule has 4 aliphatic rings. The zero-order valence-corrected chi connectivity index (χ0v) is 45.3. The van der Waals surface area contributed by atoms with E-state index in [-0.39, 0.29) is 21.4 Å². The minimum absolute atomic E-state index is 0.173. The van der Waals surface area contributed by atoms with Gasteiger partial charge in [-0.25, -0.2) is 33.0 Å². The average molecular weight is 1170 g/mol. The normalized spacial score (nSPS) is 18.5. The highest BCUT2D eigenvalue weighted by Gasteiger charge is 2.57. The van der Waals surface area contributed by atoms with E-state index >= 15 is 8.78 Å². The second kappa shape index (κ2) is 25.5. The molecule has 446 valence electrons. The molecule has 0 aliphatic carbocycles. The number of aliphatic hydroxyl groups is 1. The molecule has 4 aliphatic heterocycles. The fourth-order valence-electron chi connectivity index (χ4n) is 9.74. The molecule has 8 rings (SSSR count). The number of alkyl carbamates (subject to hydrolysis) is 2. The number of methoxy groups -OCH3 is 2. The van der Waals surface area contributed by atoms with Gasteiger partial charge in [0.1, 0.15) is 29.5 Å². The molecular weight excluding hydrogens is 1110 g/mol. The first-order chi connectivity index (χ1) is 38.5. The largest absolute Gasteiger partial charge is 0.453 e. The van der Waals surface area contributed by atoms with Crippen molar-refractivity contribution in [3.05, 3.63) is 101 Å². The first-order valence-corrected chi connectivity index (χ1v) is 25.8. The van der Waals surface area contributed by atoms with E-state index in [1.165, 1.54) is 12.1 Å². The lowest BCUT2D eigenvalue weighted by Crippen LogP contribution is -2.63. The van der Waals surface area contributed by atoms with Crippen molar-refractivity contribution in [3.8, 4) is 23.0 Å². The van der Waals surface area contributed by atoms with Gasteiger partial charge in [0.05, 0.1) is 62.6 Å².